The molecule has 5 nitrogen and oxygen atoms in total. The molecule has 2 rings (SSSR count). The molecule has 1 N–H and O–H groups in total. The normalized spacial score (nSPS) is 11.9. The van der Waals surface area contributed by atoms with Gasteiger partial charge in [-0.25, -0.2) is 8.42 Å². The standard InChI is InChI=1S/C19H20BrF3N2O3S/c1-2-3-11-25(13-19(21,22)23)18(26)14-5-4-6-16(12-14)24-29(27,28)17-9-7-15(20)8-10-17/h4-10,12,24H,2-3,11,13H2,1H3. The minimum absolute atomic E-state index is 0.0130. The molecule has 0 aliphatic carbocycles. The SMILES string of the molecule is CCCCN(CC(F)(F)F)C(=O)c1cccc(NS(=O)(=O)c2ccc(Br)cc2)c1. The Balaban J connectivity index is 2.24. The van der Waals surface area contributed by atoms with E-state index in [4.69, 9.17) is 0 Å². The van der Waals surface area contributed by atoms with Gasteiger partial charge in [0.15, 0.2) is 0 Å². The van der Waals surface area contributed by atoms with Crippen LogP contribution in [0.3, 0.4) is 0 Å². The number of alkyl halides is 3. The second-order valence-electron chi connectivity index (χ2n) is 6.34. The number of unbranched alkanes of at least 4 members (excludes halogenated alkanes) is 1. The summed E-state index contributed by atoms with van der Waals surface area (Å²) < 4.78 is 66.5. The Labute approximate surface area is 176 Å². The van der Waals surface area contributed by atoms with Crippen molar-refractivity contribution in [1.82, 2.24) is 4.90 Å². The van der Waals surface area contributed by atoms with Gasteiger partial charge in [-0.2, -0.15) is 13.2 Å². The van der Waals surface area contributed by atoms with Crippen LogP contribution in [0.4, 0.5) is 18.9 Å². The minimum Gasteiger partial charge on any atom is -0.330 e. The van der Waals surface area contributed by atoms with Crippen LogP contribution in [0.25, 0.3) is 0 Å². The lowest BCUT2D eigenvalue weighted by molar-refractivity contribution is -0.140. The molecule has 0 saturated carbocycles. The van der Waals surface area contributed by atoms with Gasteiger partial charge in [0.2, 0.25) is 0 Å². The first kappa shape index (κ1) is 23.2. The maximum Gasteiger partial charge on any atom is 0.406 e. The van der Waals surface area contributed by atoms with Crippen LogP contribution in [0.15, 0.2) is 57.9 Å². The summed E-state index contributed by atoms with van der Waals surface area (Å²) in [5, 5.41) is 0. The van der Waals surface area contributed by atoms with Crippen molar-refractivity contribution < 1.29 is 26.4 Å². The predicted octanol–water partition coefficient (Wildman–Crippen LogP) is 5.05. The monoisotopic (exact) mass is 492 g/mol. The fourth-order valence-electron chi connectivity index (χ4n) is 2.54. The van der Waals surface area contributed by atoms with E-state index >= 15 is 0 Å². The molecule has 29 heavy (non-hydrogen) atoms. The molecule has 0 aromatic heterocycles. The van der Waals surface area contributed by atoms with Gasteiger partial charge in [-0.1, -0.05) is 35.3 Å². The fourth-order valence-corrected chi connectivity index (χ4v) is 3.86. The van der Waals surface area contributed by atoms with Crippen molar-refractivity contribution in [1.29, 1.82) is 0 Å². The molecule has 0 heterocycles. The van der Waals surface area contributed by atoms with Gasteiger partial charge >= 0.3 is 6.18 Å². The third-order valence-electron chi connectivity index (χ3n) is 3.92. The van der Waals surface area contributed by atoms with Crippen LogP contribution < -0.4 is 4.72 Å². The Morgan fingerprint density at radius 1 is 1.14 bits per heavy atom. The zero-order valence-corrected chi connectivity index (χ0v) is 17.9. The highest BCUT2D eigenvalue weighted by atomic mass is 79.9. The van der Waals surface area contributed by atoms with Crippen LogP contribution in [0.1, 0.15) is 30.1 Å². The highest BCUT2D eigenvalue weighted by molar-refractivity contribution is 9.10. The van der Waals surface area contributed by atoms with E-state index in [-0.39, 0.29) is 22.7 Å². The van der Waals surface area contributed by atoms with Crippen molar-refractivity contribution in [3.05, 3.63) is 58.6 Å². The molecule has 0 atom stereocenters. The molecule has 0 radical (unpaired) electrons. The van der Waals surface area contributed by atoms with Gasteiger partial charge in [0, 0.05) is 22.3 Å². The van der Waals surface area contributed by atoms with Crippen LogP contribution in [0.5, 0.6) is 0 Å². The van der Waals surface area contributed by atoms with Gasteiger partial charge in [0.1, 0.15) is 6.54 Å². The number of hydrogen-bond donors (Lipinski definition) is 1. The number of carbonyl (C=O) groups excluding carboxylic acids is 1. The third kappa shape index (κ3) is 7.04. The average molecular weight is 493 g/mol. The van der Waals surface area contributed by atoms with Crippen LogP contribution in [-0.2, 0) is 10.0 Å². The molecule has 1 amide bonds. The van der Waals surface area contributed by atoms with E-state index in [1.807, 2.05) is 6.92 Å². The summed E-state index contributed by atoms with van der Waals surface area (Å²) in [6, 6.07) is 11.4. The minimum atomic E-state index is -4.52. The van der Waals surface area contributed by atoms with Crippen molar-refractivity contribution in [2.45, 2.75) is 30.8 Å². The number of hydrogen-bond acceptors (Lipinski definition) is 3. The molecule has 0 aliphatic heterocycles. The second kappa shape index (κ2) is 9.62. The molecule has 0 bridgehead atoms. The Hall–Kier alpha value is -2.07. The highest BCUT2D eigenvalue weighted by Crippen LogP contribution is 2.22. The Morgan fingerprint density at radius 2 is 1.79 bits per heavy atom. The van der Waals surface area contributed by atoms with E-state index in [1.54, 1.807) is 12.1 Å². The summed E-state index contributed by atoms with van der Waals surface area (Å²) in [4.78, 5) is 13.3. The van der Waals surface area contributed by atoms with Crippen LogP contribution >= 0.6 is 15.9 Å². The first-order valence-electron chi connectivity index (χ1n) is 8.76. The molecule has 0 spiro atoms. The summed E-state index contributed by atoms with van der Waals surface area (Å²) in [5.41, 5.74) is 0.0579. The first-order chi connectivity index (χ1) is 13.5. The summed E-state index contributed by atoms with van der Waals surface area (Å²) in [6.45, 7) is 0.415. The molecule has 2 aromatic rings. The van der Waals surface area contributed by atoms with Crippen molar-refractivity contribution in [2.24, 2.45) is 0 Å². The van der Waals surface area contributed by atoms with E-state index in [2.05, 4.69) is 20.7 Å². The second-order valence-corrected chi connectivity index (χ2v) is 8.93. The van der Waals surface area contributed by atoms with E-state index in [0.717, 1.165) is 4.90 Å². The van der Waals surface area contributed by atoms with Gasteiger partial charge in [-0.15, -0.1) is 0 Å². The van der Waals surface area contributed by atoms with Crippen LogP contribution in [0.2, 0.25) is 0 Å². The number of nitrogens with zero attached hydrogens (tertiary/aromatic N) is 1. The molecular weight excluding hydrogens is 473 g/mol. The molecule has 0 saturated heterocycles. The summed E-state index contributed by atoms with van der Waals surface area (Å²) in [7, 11) is -3.91. The van der Waals surface area contributed by atoms with Crippen molar-refractivity contribution in [3.63, 3.8) is 0 Å². The van der Waals surface area contributed by atoms with E-state index in [9.17, 15) is 26.4 Å². The fraction of sp³-hybridized carbons (Fsp3) is 0.316. The molecule has 0 fully saturated rings. The first-order valence-corrected chi connectivity index (χ1v) is 11.0. The van der Waals surface area contributed by atoms with Gasteiger partial charge in [0.25, 0.3) is 15.9 Å². The van der Waals surface area contributed by atoms with E-state index in [1.165, 1.54) is 36.4 Å². The lowest BCUT2D eigenvalue weighted by Gasteiger charge is -2.24. The van der Waals surface area contributed by atoms with Gasteiger partial charge in [0.05, 0.1) is 4.90 Å². The number of anilines is 1. The maximum absolute atomic E-state index is 12.8. The number of sulfonamides is 1. The van der Waals surface area contributed by atoms with Crippen LogP contribution in [-0.4, -0.2) is 38.5 Å². The van der Waals surface area contributed by atoms with Crippen molar-refractivity contribution in [2.75, 3.05) is 17.8 Å². The zero-order chi connectivity index (χ0) is 21.7. The molecule has 158 valence electrons. The summed E-state index contributed by atoms with van der Waals surface area (Å²) >= 11 is 3.22. The number of halogens is 4. The number of benzene rings is 2. The molecule has 0 aliphatic rings. The summed E-state index contributed by atoms with van der Waals surface area (Å²) in [5.74, 6) is -0.805. The van der Waals surface area contributed by atoms with Gasteiger partial charge in [-0.05, 0) is 48.9 Å². The molecule has 2 aromatic carbocycles. The Bertz CT molecular complexity index is 948. The Kier molecular flexibility index (Phi) is 7.70. The average Bonchev–Trinajstić information content (AvgIpc) is 2.64. The smallest absolute Gasteiger partial charge is 0.330 e. The van der Waals surface area contributed by atoms with Crippen molar-refractivity contribution in [3.8, 4) is 0 Å². The Morgan fingerprint density at radius 3 is 2.38 bits per heavy atom. The molecule has 0 unspecified atom stereocenters. The summed E-state index contributed by atoms with van der Waals surface area (Å²) in [6.07, 6.45) is -3.46. The largest absolute Gasteiger partial charge is 0.406 e. The van der Waals surface area contributed by atoms with Gasteiger partial charge < -0.3 is 4.90 Å². The van der Waals surface area contributed by atoms with Crippen LogP contribution in [0, 0.1) is 0 Å². The maximum atomic E-state index is 12.8. The molecular formula is C19H20BrF3N2O3S. The quantitative estimate of drug-likeness (QED) is 0.560. The lowest BCUT2D eigenvalue weighted by atomic mass is 10.1. The van der Waals surface area contributed by atoms with E-state index < -0.39 is 28.7 Å². The number of amides is 1. The number of carbonyl (C=O) groups is 1. The highest BCUT2D eigenvalue weighted by Gasteiger charge is 2.33. The zero-order valence-electron chi connectivity index (χ0n) is 15.5. The van der Waals surface area contributed by atoms with E-state index in [0.29, 0.717) is 17.3 Å². The predicted molar refractivity (Wildman–Crippen MR) is 108 cm³/mol. The van der Waals surface area contributed by atoms with Gasteiger partial charge in [-0.3, -0.25) is 9.52 Å². The van der Waals surface area contributed by atoms with Crippen molar-refractivity contribution >= 4 is 37.5 Å². The lowest BCUT2D eigenvalue weighted by Crippen LogP contribution is -2.39. The topological polar surface area (TPSA) is 66.5 Å². The number of nitrogens with one attached hydrogen (secondary N) is 1. The third-order valence-corrected chi connectivity index (χ3v) is 5.85. The molecule has 10 heteroatoms. The number of rotatable bonds is 8.